The van der Waals surface area contributed by atoms with Crippen LogP contribution in [-0.4, -0.2) is 32.3 Å². The van der Waals surface area contributed by atoms with E-state index < -0.39 is 0 Å². The molecule has 0 aromatic heterocycles. The maximum atomic E-state index is 13.8. The number of anilines is 1. The van der Waals surface area contributed by atoms with Gasteiger partial charge in [0.25, 0.3) is 0 Å². The molecule has 0 saturated carbocycles. The van der Waals surface area contributed by atoms with E-state index in [9.17, 15) is 4.39 Å². The fraction of sp³-hybridized carbons (Fsp3) is 0.647. The maximum Gasteiger partial charge on any atom is 0.125 e. The first-order valence-electron chi connectivity index (χ1n) is 8.09. The quantitative estimate of drug-likeness (QED) is 0.781. The molecule has 1 aliphatic rings. The predicted octanol–water partition coefficient (Wildman–Crippen LogP) is 3.33. The molecule has 0 unspecified atom stereocenters. The van der Waals surface area contributed by atoms with E-state index in [0.29, 0.717) is 6.10 Å². The Kier molecular flexibility index (Phi) is 6.46. The Labute approximate surface area is 127 Å². The number of piperidine rings is 1. The molecule has 3 nitrogen and oxygen atoms in total. The first-order chi connectivity index (χ1) is 10.2. The third-order valence-corrected chi connectivity index (χ3v) is 3.91. The van der Waals surface area contributed by atoms with Gasteiger partial charge in [0.1, 0.15) is 5.82 Å². The Morgan fingerprint density at radius 1 is 1.24 bits per heavy atom. The van der Waals surface area contributed by atoms with E-state index in [-0.39, 0.29) is 5.82 Å². The van der Waals surface area contributed by atoms with E-state index in [1.165, 1.54) is 0 Å². The van der Waals surface area contributed by atoms with Crippen LogP contribution in [0.5, 0.6) is 0 Å². The van der Waals surface area contributed by atoms with E-state index in [4.69, 9.17) is 4.74 Å². The summed E-state index contributed by atoms with van der Waals surface area (Å²) < 4.78 is 19.5. The van der Waals surface area contributed by atoms with Crippen LogP contribution in [0.15, 0.2) is 18.2 Å². The van der Waals surface area contributed by atoms with Crippen LogP contribution < -0.4 is 10.2 Å². The van der Waals surface area contributed by atoms with Gasteiger partial charge in [-0.15, -0.1) is 0 Å². The van der Waals surface area contributed by atoms with E-state index in [0.717, 1.165) is 63.3 Å². The molecule has 0 amide bonds. The van der Waals surface area contributed by atoms with E-state index in [1.807, 2.05) is 6.92 Å². The summed E-state index contributed by atoms with van der Waals surface area (Å²) in [6.07, 6.45) is 3.50. The summed E-state index contributed by atoms with van der Waals surface area (Å²) in [6.45, 7) is 8.52. The first-order valence-corrected chi connectivity index (χ1v) is 8.09. The average Bonchev–Trinajstić information content (AvgIpc) is 2.48. The smallest absolute Gasteiger partial charge is 0.125 e. The number of halogens is 1. The van der Waals surface area contributed by atoms with Gasteiger partial charge in [-0.1, -0.05) is 6.92 Å². The largest absolute Gasteiger partial charge is 0.378 e. The highest BCUT2D eigenvalue weighted by Gasteiger charge is 2.20. The van der Waals surface area contributed by atoms with E-state index in [1.54, 1.807) is 12.1 Å². The Morgan fingerprint density at radius 2 is 2.00 bits per heavy atom. The molecule has 1 aliphatic heterocycles. The molecular formula is C17H27FN2O. The minimum Gasteiger partial charge on any atom is -0.378 e. The SMILES string of the molecule is CCCNCc1cc(F)cc(N2CCC(OCC)CC2)c1. The summed E-state index contributed by atoms with van der Waals surface area (Å²) in [4.78, 5) is 2.27. The molecule has 21 heavy (non-hydrogen) atoms. The van der Waals surface area contributed by atoms with Crippen molar-refractivity contribution in [1.29, 1.82) is 0 Å². The topological polar surface area (TPSA) is 24.5 Å². The lowest BCUT2D eigenvalue weighted by Gasteiger charge is -2.33. The fourth-order valence-electron chi connectivity index (χ4n) is 2.84. The molecule has 1 fully saturated rings. The van der Waals surface area contributed by atoms with Gasteiger partial charge >= 0.3 is 0 Å². The minimum atomic E-state index is -0.146. The third kappa shape index (κ3) is 4.97. The highest BCUT2D eigenvalue weighted by Crippen LogP contribution is 2.23. The molecule has 0 atom stereocenters. The van der Waals surface area contributed by atoms with Crippen molar-refractivity contribution in [3.8, 4) is 0 Å². The Morgan fingerprint density at radius 3 is 2.67 bits per heavy atom. The summed E-state index contributed by atoms with van der Waals surface area (Å²) in [5, 5.41) is 3.33. The molecule has 1 heterocycles. The number of nitrogens with zero attached hydrogens (tertiary/aromatic N) is 1. The minimum absolute atomic E-state index is 0.146. The van der Waals surface area contributed by atoms with Crippen molar-refractivity contribution in [1.82, 2.24) is 5.32 Å². The molecule has 2 rings (SSSR count). The summed E-state index contributed by atoms with van der Waals surface area (Å²) in [5.74, 6) is -0.146. The number of ether oxygens (including phenoxy) is 1. The number of hydrogen-bond acceptors (Lipinski definition) is 3. The molecular weight excluding hydrogens is 267 g/mol. The third-order valence-electron chi connectivity index (χ3n) is 3.91. The van der Waals surface area contributed by atoms with Crippen LogP contribution >= 0.6 is 0 Å². The van der Waals surface area contributed by atoms with Crippen LogP contribution in [0.2, 0.25) is 0 Å². The second kappa shape index (κ2) is 8.35. The fourth-order valence-corrected chi connectivity index (χ4v) is 2.84. The average molecular weight is 294 g/mol. The van der Waals surface area contributed by atoms with Crippen LogP contribution in [-0.2, 0) is 11.3 Å². The van der Waals surface area contributed by atoms with Crippen LogP contribution in [0.4, 0.5) is 10.1 Å². The molecule has 0 aliphatic carbocycles. The van der Waals surface area contributed by atoms with Crippen molar-refractivity contribution in [3.05, 3.63) is 29.6 Å². The molecule has 1 N–H and O–H groups in total. The zero-order valence-corrected chi connectivity index (χ0v) is 13.2. The second-order valence-corrected chi connectivity index (χ2v) is 5.64. The van der Waals surface area contributed by atoms with Gasteiger partial charge in [0.15, 0.2) is 0 Å². The van der Waals surface area contributed by atoms with Gasteiger partial charge in [0.05, 0.1) is 6.10 Å². The molecule has 0 bridgehead atoms. The highest BCUT2D eigenvalue weighted by atomic mass is 19.1. The second-order valence-electron chi connectivity index (χ2n) is 5.64. The van der Waals surface area contributed by atoms with Crippen LogP contribution in [0.1, 0.15) is 38.7 Å². The summed E-state index contributed by atoms with van der Waals surface area (Å²) >= 11 is 0. The Hall–Kier alpha value is -1.13. The molecule has 1 saturated heterocycles. The monoisotopic (exact) mass is 294 g/mol. The van der Waals surface area contributed by atoms with E-state index >= 15 is 0 Å². The van der Waals surface area contributed by atoms with Gasteiger partial charge in [0.2, 0.25) is 0 Å². The normalized spacial score (nSPS) is 16.4. The van der Waals surface area contributed by atoms with Gasteiger partial charge in [0, 0.05) is 31.9 Å². The maximum absolute atomic E-state index is 13.8. The lowest BCUT2D eigenvalue weighted by atomic mass is 10.1. The summed E-state index contributed by atoms with van der Waals surface area (Å²) in [7, 11) is 0. The van der Waals surface area contributed by atoms with Gasteiger partial charge in [-0.05, 0) is 56.5 Å². The van der Waals surface area contributed by atoms with Gasteiger partial charge in [-0.2, -0.15) is 0 Å². The summed E-state index contributed by atoms with van der Waals surface area (Å²) in [5.41, 5.74) is 2.02. The molecule has 0 radical (unpaired) electrons. The van der Waals surface area contributed by atoms with Gasteiger partial charge in [-0.3, -0.25) is 0 Å². The number of hydrogen-bond donors (Lipinski definition) is 1. The van der Waals surface area contributed by atoms with Crippen LogP contribution in [0, 0.1) is 5.82 Å². The lowest BCUT2D eigenvalue weighted by molar-refractivity contribution is 0.0459. The number of nitrogens with one attached hydrogen (secondary N) is 1. The Balaban J connectivity index is 1.96. The molecule has 1 aromatic rings. The van der Waals surface area contributed by atoms with Crippen molar-refractivity contribution >= 4 is 5.69 Å². The van der Waals surface area contributed by atoms with Crippen molar-refractivity contribution < 1.29 is 9.13 Å². The van der Waals surface area contributed by atoms with Gasteiger partial charge in [-0.25, -0.2) is 4.39 Å². The van der Waals surface area contributed by atoms with E-state index in [2.05, 4.69) is 23.2 Å². The molecule has 1 aromatic carbocycles. The highest BCUT2D eigenvalue weighted by molar-refractivity contribution is 5.49. The van der Waals surface area contributed by atoms with Crippen molar-refractivity contribution in [2.45, 2.75) is 45.8 Å². The molecule has 0 spiro atoms. The predicted molar refractivity (Wildman–Crippen MR) is 85.3 cm³/mol. The Bertz CT molecular complexity index is 431. The van der Waals surface area contributed by atoms with Crippen LogP contribution in [0.25, 0.3) is 0 Å². The van der Waals surface area contributed by atoms with Crippen molar-refractivity contribution in [2.75, 3.05) is 31.1 Å². The standard InChI is InChI=1S/C17H27FN2O/c1-3-7-19-13-14-10-15(18)12-16(11-14)20-8-5-17(6-9-20)21-4-2/h10-12,17,19H,3-9,13H2,1-2H3. The van der Waals surface area contributed by atoms with Crippen molar-refractivity contribution in [3.63, 3.8) is 0 Å². The molecule has 118 valence electrons. The number of rotatable bonds is 7. The molecule has 4 heteroatoms. The van der Waals surface area contributed by atoms with Gasteiger partial charge < -0.3 is 15.0 Å². The zero-order valence-electron chi connectivity index (χ0n) is 13.2. The van der Waals surface area contributed by atoms with Crippen molar-refractivity contribution in [2.24, 2.45) is 0 Å². The lowest BCUT2D eigenvalue weighted by Crippen LogP contribution is -2.37. The van der Waals surface area contributed by atoms with Crippen LogP contribution in [0.3, 0.4) is 0 Å². The zero-order chi connectivity index (χ0) is 15.1. The summed E-state index contributed by atoms with van der Waals surface area (Å²) in [6, 6.07) is 5.37. The number of benzene rings is 1. The first kappa shape index (κ1) is 16.2.